The molecule has 1 aliphatic rings. The second-order valence-corrected chi connectivity index (χ2v) is 3.71. The van der Waals surface area contributed by atoms with E-state index in [4.69, 9.17) is 0 Å². The number of nitrogens with one attached hydrogen (secondary N) is 4. The van der Waals surface area contributed by atoms with Crippen molar-refractivity contribution in [3.63, 3.8) is 0 Å². The molecule has 1 fully saturated rings. The monoisotopic (exact) mass is 258 g/mol. The van der Waals surface area contributed by atoms with Gasteiger partial charge in [0.1, 0.15) is 0 Å². The van der Waals surface area contributed by atoms with E-state index < -0.39 is 0 Å². The third-order valence-corrected chi connectivity index (χ3v) is 2.37. The molecule has 0 radical (unpaired) electrons. The van der Waals surface area contributed by atoms with Crippen molar-refractivity contribution in [1.29, 1.82) is 0 Å². The molecule has 5 heteroatoms. The topological polar surface area (TPSA) is 48.1 Å². The average molecular weight is 259 g/mol. The van der Waals surface area contributed by atoms with Gasteiger partial charge in [-0.2, -0.15) is 0 Å². The van der Waals surface area contributed by atoms with Gasteiger partial charge in [0.15, 0.2) is 0 Å². The van der Waals surface area contributed by atoms with E-state index in [1.165, 1.54) is 12.8 Å². The second kappa shape index (κ2) is 12.4. The van der Waals surface area contributed by atoms with Crippen LogP contribution in [0.1, 0.15) is 12.8 Å². The van der Waals surface area contributed by atoms with Crippen LogP contribution in [0, 0.1) is 0 Å². The van der Waals surface area contributed by atoms with Crippen molar-refractivity contribution in [3.05, 3.63) is 0 Å². The Hall–Kier alpha value is 0.334. The summed E-state index contributed by atoms with van der Waals surface area (Å²) in [5.74, 6) is 0. The van der Waals surface area contributed by atoms with Crippen molar-refractivity contribution in [1.82, 2.24) is 21.3 Å². The Morgan fingerprint density at radius 2 is 0.667 bits per heavy atom. The molecule has 0 atom stereocenters. The van der Waals surface area contributed by atoms with Crippen LogP contribution in [0.25, 0.3) is 0 Å². The normalized spacial score (nSPS) is 22.4. The Balaban J connectivity index is 0.00000196. The van der Waals surface area contributed by atoms with E-state index >= 15 is 0 Å². The maximum absolute atomic E-state index is 3.42. The molecule has 15 heavy (non-hydrogen) atoms. The maximum atomic E-state index is 3.42. The first-order valence-electron chi connectivity index (χ1n) is 5.83. The van der Waals surface area contributed by atoms with Crippen molar-refractivity contribution >= 4 is 0 Å². The molecule has 0 amide bonds. The minimum absolute atomic E-state index is 0. The molecule has 0 aromatic rings. The van der Waals surface area contributed by atoms with Gasteiger partial charge in [0.2, 0.25) is 0 Å². The van der Waals surface area contributed by atoms with Gasteiger partial charge in [-0.3, -0.25) is 0 Å². The summed E-state index contributed by atoms with van der Waals surface area (Å²) in [4.78, 5) is 0. The SMILES string of the molecule is C1CNCCNCCCNCCNC1.[Ni]. The van der Waals surface area contributed by atoms with Crippen molar-refractivity contribution in [2.24, 2.45) is 0 Å². The summed E-state index contributed by atoms with van der Waals surface area (Å²) in [6.07, 6.45) is 2.44. The fraction of sp³-hybridized carbons (Fsp3) is 1.00. The Bertz CT molecular complexity index is 70.7. The third-order valence-electron chi connectivity index (χ3n) is 2.37. The van der Waals surface area contributed by atoms with Gasteiger partial charge in [-0.15, -0.1) is 0 Å². The van der Waals surface area contributed by atoms with Gasteiger partial charge in [-0.05, 0) is 39.0 Å². The summed E-state index contributed by atoms with van der Waals surface area (Å²) in [6.45, 7) is 8.87. The number of rotatable bonds is 0. The van der Waals surface area contributed by atoms with Crippen LogP contribution in [0.4, 0.5) is 0 Å². The molecule has 0 bridgehead atoms. The Kier molecular flexibility index (Phi) is 12.7. The molecule has 1 rings (SSSR count). The predicted molar refractivity (Wildman–Crippen MR) is 60.7 cm³/mol. The Morgan fingerprint density at radius 3 is 0.933 bits per heavy atom. The smallest absolute Gasteiger partial charge is 0.00767 e. The van der Waals surface area contributed by atoms with Crippen LogP contribution in [0.3, 0.4) is 0 Å². The molecule has 0 aromatic carbocycles. The first kappa shape index (κ1) is 15.3. The Morgan fingerprint density at radius 1 is 0.400 bits per heavy atom. The number of hydrogen-bond donors (Lipinski definition) is 4. The summed E-state index contributed by atoms with van der Waals surface area (Å²) >= 11 is 0. The fourth-order valence-corrected chi connectivity index (χ4v) is 1.53. The van der Waals surface area contributed by atoms with E-state index in [0.717, 1.165) is 52.4 Å². The molecule has 1 aliphatic heterocycles. The van der Waals surface area contributed by atoms with E-state index in [1.54, 1.807) is 0 Å². The Labute approximate surface area is 103 Å². The standard InChI is InChI=1S/C10H24N4.Ni/c1-3-11-7-9-13-5-2-6-14-10-8-12-4-1;/h11-14H,1-10H2;. The average Bonchev–Trinajstić information content (AvgIpc) is 2.22. The van der Waals surface area contributed by atoms with E-state index in [9.17, 15) is 0 Å². The van der Waals surface area contributed by atoms with E-state index in [-0.39, 0.29) is 16.5 Å². The molecule has 4 nitrogen and oxygen atoms in total. The molecule has 0 unspecified atom stereocenters. The van der Waals surface area contributed by atoms with Crippen LogP contribution in [0.5, 0.6) is 0 Å². The molecule has 4 N–H and O–H groups in total. The van der Waals surface area contributed by atoms with Gasteiger partial charge in [-0.1, -0.05) is 0 Å². The largest absolute Gasteiger partial charge is 0.315 e. The summed E-state index contributed by atoms with van der Waals surface area (Å²) in [5.41, 5.74) is 0. The molecule has 94 valence electrons. The fourth-order valence-electron chi connectivity index (χ4n) is 1.53. The van der Waals surface area contributed by atoms with E-state index in [0.29, 0.717) is 0 Å². The molecular formula is C10H24N4Ni. The van der Waals surface area contributed by atoms with Crippen LogP contribution in [-0.2, 0) is 16.5 Å². The van der Waals surface area contributed by atoms with E-state index in [2.05, 4.69) is 21.3 Å². The summed E-state index contributed by atoms with van der Waals surface area (Å²) in [7, 11) is 0. The van der Waals surface area contributed by atoms with E-state index in [1.807, 2.05) is 0 Å². The first-order chi connectivity index (χ1) is 7.00. The van der Waals surface area contributed by atoms with Crippen LogP contribution < -0.4 is 21.3 Å². The molecular weight excluding hydrogens is 235 g/mol. The molecule has 1 heterocycles. The summed E-state index contributed by atoms with van der Waals surface area (Å²) < 4.78 is 0. The molecule has 1 saturated heterocycles. The number of hydrogen-bond acceptors (Lipinski definition) is 4. The van der Waals surface area contributed by atoms with Gasteiger partial charge < -0.3 is 21.3 Å². The quantitative estimate of drug-likeness (QED) is 0.427. The zero-order valence-corrected chi connectivity index (χ0v) is 10.4. The first-order valence-corrected chi connectivity index (χ1v) is 5.83. The van der Waals surface area contributed by atoms with Crippen LogP contribution in [0.2, 0.25) is 0 Å². The summed E-state index contributed by atoms with van der Waals surface area (Å²) in [6, 6.07) is 0. The zero-order chi connectivity index (χ0) is 9.90. The second-order valence-electron chi connectivity index (χ2n) is 3.71. The molecule has 0 spiro atoms. The zero-order valence-electron chi connectivity index (χ0n) is 9.39. The van der Waals surface area contributed by atoms with Crippen molar-refractivity contribution in [2.75, 3.05) is 52.4 Å². The van der Waals surface area contributed by atoms with Crippen molar-refractivity contribution < 1.29 is 16.5 Å². The minimum Gasteiger partial charge on any atom is -0.315 e. The molecule has 0 aromatic heterocycles. The molecule has 0 aliphatic carbocycles. The maximum Gasteiger partial charge on any atom is 0.00767 e. The van der Waals surface area contributed by atoms with Gasteiger partial charge in [0.25, 0.3) is 0 Å². The van der Waals surface area contributed by atoms with Gasteiger partial charge in [0, 0.05) is 42.7 Å². The predicted octanol–water partition coefficient (Wildman–Crippen LogP) is -0.864. The van der Waals surface area contributed by atoms with Crippen molar-refractivity contribution in [3.8, 4) is 0 Å². The van der Waals surface area contributed by atoms with Gasteiger partial charge in [-0.25, -0.2) is 0 Å². The van der Waals surface area contributed by atoms with Crippen LogP contribution in [0.15, 0.2) is 0 Å². The minimum atomic E-state index is 0. The summed E-state index contributed by atoms with van der Waals surface area (Å²) in [5, 5.41) is 13.7. The van der Waals surface area contributed by atoms with Gasteiger partial charge in [0.05, 0.1) is 0 Å². The van der Waals surface area contributed by atoms with Gasteiger partial charge >= 0.3 is 0 Å². The molecule has 0 saturated carbocycles. The van der Waals surface area contributed by atoms with Crippen LogP contribution >= 0.6 is 0 Å². The van der Waals surface area contributed by atoms with Crippen molar-refractivity contribution in [2.45, 2.75) is 12.8 Å². The van der Waals surface area contributed by atoms with Crippen LogP contribution in [-0.4, -0.2) is 52.4 Å². The third kappa shape index (κ3) is 10.6.